The van der Waals surface area contributed by atoms with Crippen molar-refractivity contribution < 1.29 is 4.39 Å². The molecule has 3 aromatic rings. The molecule has 0 saturated heterocycles. The first kappa shape index (κ1) is 20.6. The van der Waals surface area contributed by atoms with E-state index in [0.717, 1.165) is 27.5 Å². The van der Waals surface area contributed by atoms with Crippen LogP contribution in [0.1, 0.15) is 19.4 Å². The molecule has 0 aliphatic heterocycles. The van der Waals surface area contributed by atoms with E-state index in [1.165, 1.54) is 12.1 Å². The van der Waals surface area contributed by atoms with Crippen molar-refractivity contribution in [3.8, 4) is 0 Å². The number of benzene rings is 3. The summed E-state index contributed by atoms with van der Waals surface area (Å²) in [5.41, 5.74) is 3.68. The summed E-state index contributed by atoms with van der Waals surface area (Å²) in [6.07, 6.45) is 0. The molecular formula is C23H25FN2S. The maximum absolute atomic E-state index is 13.1. The molecule has 0 bridgehead atoms. The van der Waals surface area contributed by atoms with E-state index in [2.05, 4.69) is 34.4 Å². The Hall–Kier alpha value is -2.72. The Kier molecular flexibility index (Phi) is 7.96. The van der Waals surface area contributed by atoms with E-state index >= 15 is 0 Å². The third kappa shape index (κ3) is 5.90. The lowest BCUT2D eigenvalue weighted by atomic mass is 10.1. The van der Waals surface area contributed by atoms with E-state index in [1.54, 1.807) is 24.1 Å². The highest BCUT2D eigenvalue weighted by Crippen LogP contribution is 2.33. The van der Waals surface area contributed by atoms with Gasteiger partial charge in [0.05, 0.1) is 10.6 Å². The highest BCUT2D eigenvalue weighted by Gasteiger charge is 2.09. The Labute approximate surface area is 165 Å². The molecule has 27 heavy (non-hydrogen) atoms. The van der Waals surface area contributed by atoms with E-state index in [-0.39, 0.29) is 5.82 Å². The number of nitrogens with one attached hydrogen (secondary N) is 1. The van der Waals surface area contributed by atoms with E-state index in [1.807, 2.05) is 57.3 Å². The molecule has 3 aromatic carbocycles. The average molecular weight is 381 g/mol. The van der Waals surface area contributed by atoms with Gasteiger partial charge in [-0.25, -0.2) is 4.39 Å². The molecule has 0 radical (unpaired) electrons. The second kappa shape index (κ2) is 10.4. The molecule has 0 spiro atoms. The lowest BCUT2D eigenvalue weighted by molar-refractivity contribution is 0.627. The van der Waals surface area contributed by atoms with Crippen LogP contribution >= 0.6 is 11.9 Å². The van der Waals surface area contributed by atoms with E-state index in [0.29, 0.717) is 0 Å². The molecule has 1 N–H and O–H groups in total. The van der Waals surface area contributed by atoms with Crippen LogP contribution in [-0.2, 0) is 0 Å². The predicted molar refractivity (Wildman–Crippen MR) is 118 cm³/mol. The van der Waals surface area contributed by atoms with Crippen molar-refractivity contribution in [2.24, 2.45) is 0 Å². The van der Waals surface area contributed by atoms with E-state index in [9.17, 15) is 4.39 Å². The van der Waals surface area contributed by atoms with Crippen LogP contribution in [0.15, 0.2) is 90.3 Å². The number of rotatable bonds is 6. The Bertz CT molecular complexity index is 848. The van der Waals surface area contributed by atoms with Crippen molar-refractivity contribution in [3.63, 3.8) is 0 Å². The lowest BCUT2D eigenvalue weighted by Gasteiger charge is -2.20. The first-order chi connectivity index (χ1) is 13.1. The van der Waals surface area contributed by atoms with Crippen molar-refractivity contribution in [2.45, 2.75) is 18.7 Å². The molecule has 0 aliphatic rings. The van der Waals surface area contributed by atoms with Crippen molar-refractivity contribution in [2.75, 3.05) is 16.7 Å². The molecule has 0 heterocycles. The Balaban J connectivity index is 0.00000126. The molecule has 0 fully saturated rings. The third-order valence-electron chi connectivity index (χ3n) is 3.72. The topological polar surface area (TPSA) is 15.3 Å². The van der Waals surface area contributed by atoms with Gasteiger partial charge in [0.2, 0.25) is 0 Å². The van der Waals surface area contributed by atoms with Gasteiger partial charge in [0, 0.05) is 18.4 Å². The quantitative estimate of drug-likeness (QED) is 0.460. The summed E-state index contributed by atoms with van der Waals surface area (Å²) in [4.78, 5) is 1.08. The van der Waals surface area contributed by atoms with Gasteiger partial charge in [-0.1, -0.05) is 62.9 Å². The first-order valence-electron chi connectivity index (χ1n) is 8.91. The molecule has 0 saturated carbocycles. The molecule has 140 valence electrons. The van der Waals surface area contributed by atoms with Crippen molar-refractivity contribution >= 4 is 29.0 Å². The van der Waals surface area contributed by atoms with Gasteiger partial charge in [0.1, 0.15) is 5.82 Å². The van der Waals surface area contributed by atoms with Gasteiger partial charge in [-0.15, -0.1) is 0 Å². The molecule has 0 aromatic heterocycles. The third-order valence-corrected chi connectivity index (χ3v) is 4.76. The number of para-hydroxylation sites is 2. The minimum absolute atomic E-state index is 0.253. The highest BCUT2D eigenvalue weighted by molar-refractivity contribution is 8.00. The van der Waals surface area contributed by atoms with Gasteiger partial charge in [0.25, 0.3) is 0 Å². The minimum atomic E-state index is -0.253. The second-order valence-corrected chi connectivity index (χ2v) is 6.70. The maximum Gasteiger partial charge on any atom is 0.123 e. The number of halogens is 1. The second-order valence-electron chi connectivity index (χ2n) is 5.53. The highest BCUT2D eigenvalue weighted by atomic mass is 32.2. The van der Waals surface area contributed by atoms with E-state index in [4.69, 9.17) is 0 Å². The minimum Gasteiger partial charge on any atom is -0.355 e. The summed E-state index contributed by atoms with van der Waals surface area (Å²) >= 11 is 1.63. The van der Waals surface area contributed by atoms with Crippen molar-refractivity contribution in [1.29, 1.82) is 0 Å². The van der Waals surface area contributed by atoms with Crippen LogP contribution < -0.4 is 9.62 Å². The largest absolute Gasteiger partial charge is 0.355 e. The average Bonchev–Trinajstić information content (AvgIpc) is 2.72. The van der Waals surface area contributed by atoms with E-state index < -0.39 is 0 Å². The Morgan fingerprint density at radius 2 is 1.48 bits per heavy atom. The molecule has 2 nitrogen and oxygen atoms in total. The number of nitrogens with zero attached hydrogens (tertiary/aromatic N) is 1. The standard InChI is InChI=1S/C21H19FN2S.C2H6/c1-16(17-12-14-18(22)15-13-17)23-20-10-6-7-11-21(20)25-24(2)19-8-4-3-5-9-19;1-2/h3-15,23H,1H2,2H3;1-2H3. The van der Waals surface area contributed by atoms with Gasteiger partial charge in [-0.3, -0.25) is 0 Å². The summed E-state index contributed by atoms with van der Waals surface area (Å²) < 4.78 is 15.2. The normalized spacial score (nSPS) is 9.78. The van der Waals surface area contributed by atoms with Crippen LogP contribution in [0.5, 0.6) is 0 Å². The molecule has 4 heteroatoms. The van der Waals surface area contributed by atoms with Crippen LogP contribution in [0, 0.1) is 5.82 Å². The number of anilines is 2. The van der Waals surface area contributed by atoms with Crippen LogP contribution in [-0.4, -0.2) is 7.05 Å². The fourth-order valence-corrected chi connectivity index (χ4v) is 3.25. The van der Waals surface area contributed by atoms with Gasteiger partial charge in [-0.05, 0) is 53.9 Å². The zero-order chi connectivity index (χ0) is 19.6. The van der Waals surface area contributed by atoms with Crippen LogP contribution in [0.2, 0.25) is 0 Å². The van der Waals surface area contributed by atoms with Gasteiger partial charge in [0.15, 0.2) is 0 Å². The van der Waals surface area contributed by atoms with Gasteiger partial charge >= 0.3 is 0 Å². The fraction of sp³-hybridized carbons (Fsp3) is 0.130. The number of hydrogen-bond acceptors (Lipinski definition) is 3. The van der Waals surface area contributed by atoms with Gasteiger partial charge in [-0.2, -0.15) is 0 Å². The molecule has 0 aliphatic carbocycles. The summed E-state index contributed by atoms with van der Waals surface area (Å²) in [7, 11) is 2.03. The van der Waals surface area contributed by atoms with Crippen molar-refractivity contribution in [1.82, 2.24) is 0 Å². The Morgan fingerprint density at radius 3 is 2.15 bits per heavy atom. The van der Waals surface area contributed by atoms with Crippen LogP contribution in [0.25, 0.3) is 5.70 Å². The first-order valence-corrected chi connectivity index (χ1v) is 9.68. The molecule has 0 amide bonds. The van der Waals surface area contributed by atoms with Crippen LogP contribution in [0.3, 0.4) is 0 Å². The molecule has 0 unspecified atom stereocenters. The monoisotopic (exact) mass is 380 g/mol. The summed E-state index contributed by atoms with van der Waals surface area (Å²) in [6, 6.07) is 24.6. The summed E-state index contributed by atoms with van der Waals surface area (Å²) in [5, 5.41) is 3.34. The lowest BCUT2D eigenvalue weighted by Crippen LogP contribution is -2.07. The molecule has 3 rings (SSSR count). The smallest absolute Gasteiger partial charge is 0.123 e. The Morgan fingerprint density at radius 1 is 0.889 bits per heavy atom. The number of hydrogen-bond donors (Lipinski definition) is 1. The zero-order valence-corrected chi connectivity index (χ0v) is 16.8. The predicted octanol–water partition coefficient (Wildman–Crippen LogP) is 7.08. The molecule has 0 atom stereocenters. The maximum atomic E-state index is 13.1. The van der Waals surface area contributed by atoms with Crippen molar-refractivity contribution in [3.05, 3.63) is 96.8 Å². The summed E-state index contributed by atoms with van der Waals surface area (Å²) in [6.45, 7) is 8.07. The van der Waals surface area contributed by atoms with Crippen LogP contribution in [0.4, 0.5) is 15.8 Å². The molecular weight excluding hydrogens is 355 g/mol. The zero-order valence-electron chi connectivity index (χ0n) is 15.9. The fourth-order valence-electron chi connectivity index (χ4n) is 2.37. The SMILES string of the molecule is C=C(Nc1ccccc1SN(C)c1ccccc1)c1ccc(F)cc1.CC. The van der Waals surface area contributed by atoms with Gasteiger partial charge < -0.3 is 9.62 Å². The summed E-state index contributed by atoms with van der Waals surface area (Å²) in [5.74, 6) is -0.253.